The van der Waals surface area contributed by atoms with Gasteiger partial charge in [0.1, 0.15) is 0 Å². The normalized spacial score (nSPS) is 18.4. The van der Waals surface area contributed by atoms with Crippen LogP contribution in [0.15, 0.2) is 24.5 Å². The Bertz CT molecular complexity index is 336. The molecular weight excluding hydrogens is 252 g/mol. The maximum Gasteiger partial charge on any atom is 0.0270 e. The largest absolute Gasteiger partial charge is 0.314 e. The SMILES string of the molecule is CCCNC(Cc1ccncc1)CC1CCSCC1. The molecular formula is C16H26N2S. The first-order chi connectivity index (χ1) is 9.38. The highest BCUT2D eigenvalue weighted by Crippen LogP contribution is 2.27. The van der Waals surface area contributed by atoms with E-state index in [1.807, 2.05) is 12.4 Å². The number of rotatable bonds is 7. The number of nitrogens with zero attached hydrogens (tertiary/aromatic N) is 1. The molecule has 0 spiro atoms. The van der Waals surface area contributed by atoms with Crippen molar-refractivity contribution in [3.8, 4) is 0 Å². The summed E-state index contributed by atoms with van der Waals surface area (Å²) >= 11 is 2.12. The van der Waals surface area contributed by atoms with Gasteiger partial charge in [-0.05, 0) is 73.8 Å². The number of hydrogen-bond acceptors (Lipinski definition) is 3. The average Bonchev–Trinajstić information content (AvgIpc) is 2.47. The molecule has 1 aromatic rings. The van der Waals surface area contributed by atoms with E-state index in [4.69, 9.17) is 0 Å². The van der Waals surface area contributed by atoms with Crippen LogP contribution < -0.4 is 5.32 Å². The van der Waals surface area contributed by atoms with E-state index in [-0.39, 0.29) is 0 Å². The van der Waals surface area contributed by atoms with Crippen molar-refractivity contribution in [3.05, 3.63) is 30.1 Å². The third kappa shape index (κ3) is 5.53. The van der Waals surface area contributed by atoms with Gasteiger partial charge in [-0.2, -0.15) is 11.8 Å². The van der Waals surface area contributed by atoms with Crippen molar-refractivity contribution < 1.29 is 0 Å². The molecule has 0 aromatic carbocycles. The molecule has 1 fully saturated rings. The zero-order chi connectivity index (χ0) is 13.3. The Morgan fingerprint density at radius 3 is 2.74 bits per heavy atom. The van der Waals surface area contributed by atoms with Gasteiger partial charge < -0.3 is 5.32 Å². The van der Waals surface area contributed by atoms with Crippen LogP contribution in [-0.4, -0.2) is 29.1 Å². The summed E-state index contributed by atoms with van der Waals surface area (Å²) in [5.74, 6) is 3.65. The van der Waals surface area contributed by atoms with E-state index in [9.17, 15) is 0 Å². The van der Waals surface area contributed by atoms with Crippen molar-refractivity contribution in [2.45, 2.75) is 45.1 Å². The van der Waals surface area contributed by atoms with Crippen LogP contribution >= 0.6 is 11.8 Å². The number of hydrogen-bond donors (Lipinski definition) is 1. The third-order valence-corrected chi connectivity index (χ3v) is 4.92. The molecule has 0 saturated carbocycles. The molecule has 1 unspecified atom stereocenters. The van der Waals surface area contributed by atoms with Crippen molar-refractivity contribution in [1.82, 2.24) is 10.3 Å². The molecule has 1 N–H and O–H groups in total. The number of thioether (sulfide) groups is 1. The Labute approximate surface area is 121 Å². The fourth-order valence-electron chi connectivity index (χ4n) is 2.78. The van der Waals surface area contributed by atoms with E-state index in [0.717, 1.165) is 18.9 Å². The van der Waals surface area contributed by atoms with Gasteiger partial charge in [-0.15, -0.1) is 0 Å². The van der Waals surface area contributed by atoms with Crippen LogP contribution in [0.5, 0.6) is 0 Å². The fourth-order valence-corrected chi connectivity index (χ4v) is 3.98. The van der Waals surface area contributed by atoms with Gasteiger partial charge in [-0.3, -0.25) is 4.98 Å². The standard InChI is InChI=1S/C16H26N2S/c1-2-7-18-16(12-14-3-8-17-9-4-14)13-15-5-10-19-11-6-15/h3-4,8-9,15-16,18H,2,5-7,10-13H2,1H3. The lowest BCUT2D eigenvalue weighted by atomic mass is 9.91. The Hall–Kier alpha value is -0.540. The van der Waals surface area contributed by atoms with E-state index in [2.05, 4.69) is 41.1 Å². The van der Waals surface area contributed by atoms with Gasteiger partial charge >= 0.3 is 0 Å². The van der Waals surface area contributed by atoms with Crippen molar-refractivity contribution in [1.29, 1.82) is 0 Å². The molecule has 0 radical (unpaired) electrons. The van der Waals surface area contributed by atoms with Crippen LogP contribution in [0.1, 0.15) is 38.2 Å². The summed E-state index contributed by atoms with van der Waals surface area (Å²) in [7, 11) is 0. The zero-order valence-corrected chi connectivity index (χ0v) is 12.8. The molecule has 2 nitrogen and oxygen atoms in total. The lowest BCUT2D eigenvalue weighted by molar-refractivity contribution is 0.362. The maximum absolute atomic E-state index is 4.11. The first-order valence-corrected chi connectivity index (χ1v) is 8.74. The number of aromatic nitrogens is 1. The van der Waals surface area contributed by atoms with Crippen LogP contribution in [0.25, 0.3) is 0 Å². The first kappa shape index (κ1) is 14.9. The van der Waals surface area contributed by atoms with Crippen molar-refractivity contribution in [2.75, 3.05) is 18.1 Å². The highest BCUT2D eigenvalue weighted by molar-refractivity contribution is 7.99. The predicted molar refractivity (Wildman–Crippen MR) is 84.7 cm³/mol. The van der Waals surface area contributed by atoms with E-state index in [1.165, 1.54) is 42.8 Å². The molecule has 0 amide bonds. The fraction of sp³-hybridized carbons (Fsp3) is 0.688. The number of nitrogens with one attached hydrogen (secondary N) is 1. The van der Waals surface area contributed by atoms with Gasteiger partial charge in [-0.25, -0.2) is 0 Å². The lowest BCUT2D eigenvalue weighted by Gasteiger charge is -2.27. The van der Waals surface area contributed by atoms with E-state index in [0.29, 0.717) is 6.04 Å². The van der Waals surface area contributed by atoms with Gasteiger partial charge in [-0.1, -0.05) is 6.92 Å². The summed E-state index contributed by atoms with van der Waals surface area (Å²) in [5, 5.41) is 3.74. The third-order valence-electron chi connectivity index (χ3n) is 3.87. The summed E-state index contributed by atoms with van der Waals surface area (Å²) in [6, 6.07) is 4.93. The minimum atomic E-state index is 0.635. The summed E-state index contributed by atoms with van der Waals surface area (Å²) in [6.07, 6.45) is 10.3. The molecule has 0 aliphatic carbocycles. The van der Waals surface area contributed by atoms with Crippen LogP contribution in [0.4, 0.5) is 0 Å². The molecule has 2 rings (SSSR count). The van der Waals surface area contributed by atoms with Gasteiger partial charge in [0.2, 0.25) is 0 Å². The van der Waals surface area contributed by atoms with Crippen LogP contribution in [0, 0.1) is 5.92 Å². The summed E-state index contributed by atoms with van der Waals surface area (Å²) in [6.45, 7) is 3.38. The lowest BCUT2D eigenvalue weighted by Crippen LogP contribution is -2.34. The van der Waals surface area contributed by atoms with Gasteiger partial charge in [0.15, 0.2) is 0 Å². The van der Waals surface area contributed by atoms with Crippen molar-refractivity contribution in [2.24, 2.45) is 5.92 Å². The molecule has 3 heteroatoms. The van der Waals surface area contributed by atoms with Gasteiger partial charge in [0.05, 0.1) is 0 Å². The topological polar surface area (TPSA) is 24.9 Å². The summed E-state index contributed by atoms with van der Waals surface area (Å²) in [5.41, 5.74) is 1.41. The van der Waals surface area contributed by atoms with E-state index in [1.54, 1.807) is 0 Å². The average molecular weight is 278 g/mol. The Morgan fingerprint density at radius 1 is 1.32 bits per heavy atom. The quantitative estimate of drug-likeness (QED) is 0.826. The van der Waals surface area contributed by atoms with Gasteiger partial charge in [0, 0.05) is 18.4 Å². The van der Waals surface area contributed by atoms with Crippen LogP contribution in [0.2, 0.25) is 0 Å². The molecule has 0 bridgehead atoms. The van der Waals surface area contributed by atoms with Crippen LogP contribution in [-0.2, 0) is 6.42 Å². The zero-order valence-electron chi connectivity index (χ0n) is 12.0. The Morgan fingerprint density at radius 2 is 2.05 bits per heavy atom. The highest BCUT2D eigenvalue weighted by atomic mass is 32.2. The van der Waals surface area contributed by atoms with Crippen molar-refractivity contribution in [3.63, 3.8) is 0 Å². The molecule has 2 heterocycles. The Kier molecular flexibility index (Phi) is 6.72. The second kappa shape index (κ2) is 8.60. The second-order valence-electron chi connectivity index (χ2n) is 5.50. The minimum Gasteiger partial charge on any atom is -0.314 e. The molecule has 1 aromatic heterocycles. The minimum absolute atomic E-state index is 0.635. The second-order valence-corrected chi connectivity index (χ2v) is 6.73. The smallest absolute Gasteiger partial charge is 0.0270 e. The summed E-state index contributed by atoms with van der Waals surface area (Å²) < 4.78 is 0. The summed E-state index contributed by atoms with van der Waals surface area (Å²) in [4.78, 5) is 4.11. The highest BCUT2D eigenvalue weighted by Gasteiger charge is 2.19. The van der Waals surface area contributed by atoms with Crippen LogP contribution in [0.3, 0.4) is 0 Å². The molecule has 19 heavy (non-hydrogen) atoms. The van der Waals surface area contributed by atoms with E-state index >= 15 is 0 Å². The van der Waals surface area contributed by atoms with E-state index < -0.39 is 0 Å². The number of pyridine rings is 1. The first-order valence-electron chi connectivity index (χ1n) is 7.58. The predicted octanol–water partition coefficient (Wildman–Crippen LogP) is 3.53. The Balaban J connectivity index is 1.87. The molecule has 1 aliphatic rings. The van der Waals surface area contributed by atoms with Crippen molar-refractivity contribution >= 4 is 11.8 Å². The molecule has 1 saturated heterocycles. The monoisotopic (exact) mass is 278 g/mol. The van der Waals surface area contributed by atoms with Gasteiger partial charge in [0.25, 0.3) is 0 Å². The molecule has 1 aliphatic heterocycles. The maximum atomic E-state index is 4.11. The molecule has 1 atom stereocenters. The molecule has 106 valence electrons.